The summed E-state index contributed by atoms with van der Waals surface area (Å²) in [6, 6.07) is 16.9. The summed E-state index contributed by atoms with van der Waals surface area (Å²) in [7, 11) is -2.01. The van der Waals surface area contributed by atoms with Crippen molar-refractivity contribution in [2.45, 2.75) is 11.4 Å². The van der Waals surface area contributed by atoms with Gasteiger partial charge in [-0.05, 0) is 42.9 Å². The number of carbonyl (C=O) groups is 2. The number of nitrogens with one attached hydrogen (secondary N) is 3. The van der Waals surface area contributed by atoms with Gasteiger partial charge in [0.05, 0.1) is 27.9 Å². The number of carbonyl (C=O) groups excluding carboxylic acids is 2. The van der Waals surface area contributed by atoms with Crippen molar-refractivity contribution in [3.05, 3.63) is 90.1 Å². The van der Waals surface area contributed by atoms with E-state index in [9.17, 15) is 18.0 Å². The molecule has 0 bridgehead atoms. The van der Waals surface area contributed by atoms with Gasteiger partial charge in [-0.15, -0.1) is 0 Å². The lowest BCUT2D eigenvalue weighted by atomic mass is 10.1. The van der Waals surface area contributed by atoms with E-state index in [1.54, 1.807) is 18.2 Å². The predicted octanol–water partition coefficient (Wildman–Crippen LogP) is 2.95. The van der Waals surface area contributed by atoms with E-state index in [-0.39, 0.29) is 33.1 Å². The second-order valence-corrected chi connectivity index (χ2v) is 12.0. The molecule has 220 valence electrons. The van der Waals surface area contributed by atoms with Crippen LogP contribution in [0.4, 0.5) is 17.2 Å². The molecule has 5 aromatic rings. The van der Waals surface area contributed by atoms with Crippen molar-refractivity contribution >= 4 is 50.4 Å². The number of benzene rings is 2. The maximum absolute atomic E-state index is 13.4. The maximum Gasteiger partial charge on any atom is 0.275 e. The van der Waals surface area contributed by atoms with Crippen LogP contribution in [0, 0.1) is 0 Å². The number of aromatic nitrogens is 5. The molecule has 0 radical (unpaired) electrons. The molecule has 0 atom stereocenters. The minimum atomic E-state index is -4.13. The van der Waals surface area contributed by atoms with Crippen molar-refractivity contribution in [1.82, 2.24) is 33.9 Å². The highest BCUT2D eigenvalue weighted by Gasteiger charge is 2.26. The Balaban J connectivity index is 1.21. The molecule has 4 heterocycles. The molecule has 0 aliphatic carbocycles. The molecule has 13 nitrogen and oxygen atoms in total. The van der Waals surface area contributed by atoms with Crippen molar-refractivity contribution in [3.8, 4) is 0 Å². The number of likely N-dealkylation sites (N-methyl/N-ethyl adjacent to an activating group) is 1. The predicted molar refractivity (Wildman–Crippen MR) is 161 cm³/mol. The van der Waals surface area contributed by atoms with Gasteiger partial charge in [-0.3, -0.25) is 19.6 Å². The molecule has 1 fully saturated rings. The Morgan fingerprint density at radius 1 is 1.02 bits per heavy atom. The van der Waals surface area contributed by atoms with E-state index < -0.39 is 15.9 Å². The third-order valence-corrected chi connectivity index (χ3v) is 9.05. The highest BCUT2D eigenvalue weighted by atomic mass is 32.2. The third kappa shape index (κ3) is 5.75. The van der Waals surface area contributed by atoms with Gasteiger partial charge in [0.15, 0.2) is 11.9 Å². The molecule has 1 aliphatic heterocycles. The Morgan fingerprint density at radius 3 is 2.49 bits per heavy atom. The number of hydrogen-bond donors (Lipinski definition) is 3. The molecule has 43 heavy (non-hydrogen) atoms. The van der Waals surface area contributed by atoms with Crippen LogP contribution >= 0.6 is 0 Å². The van der Waals surface area contributed by atoms with Gasteiger partial charge in [-0.25, -0.2) is 22.4 Å². The minimum Gasteiger partial charge on any atom is -0.336 e. The quantitative estimate of drug-likeness (QED) is 0.215. The molecule has 0 spiro atoms. The number of anilines is 3. The number of nitrogens with zero attached hydrogens (tertiary/aromatic N) is 6. The van der Waals surface area contributed by atoms with Crippen LogP contribution in [0.3, 0.4) is 0 Å². The van der Waals surface area contributed by atoms with Gasteiger partial charge in [-0.1, -0.05) is 30.3 Å². The molecular formula is C29H29N9O4S. The first-order chi connectivity index (χ1) is 20.8. The van der Waals surface area contributed by atoms with Crippen LogP contribution in [0.5, 0.6) is 0 Å². The number of aromatic amines is 1. The highest BCUT2D eigenvalue weighted by Crippen LogP contribution is 2.30. The van der Waals surface area contributed by atoms with Crippen LogP contribution in [-0.4, -0.2) is 87.8 Å². The zero-order valence-corrected chi connectivity index (χ0v) is 24.1. The Kier molecular flexibility index (Phi) is 7.71. The van der Waals surface area contributed by atoms with Gasteiger partial charge in [0.2, 0.25) is 0 Å². The summed E-state index contributed by atoms with van der Waals surface area (Å²) < 4.78 is 27.7. The average Bonchev–Trinajstić information content (AvgIpc) is 3.65. The van der Waals surface area contributed by atoms with Crippen molar-refractivity contribution in [2.75, 3.05) is 43.9 Å². The number of amides is 1. The fourth-order valence-corrected chi connectivity index (χ4v) is 6.43. The summed E-state index contributed by atoms with van der Waals surface area (Å²) in [4.78, 5) is 38.2. The molecule has 6 rings (SSSR count). The molecule has 1 aliphatic rings. The van der Waals surface area contributed by atoms with Crippen LogP contribution in [0.25, 0.3) is 11.0 Å². The van der Waals surface area contributed by atoms with E-state index in [1.807, 2.05) is 24.3 Å². The van der Waals surface area contributed by atoms with Gasteiger partial charge in [0.1, 0.15) is 17.8 Å². The van der Waals surface area contributed by atoms with Gasteiger partial charge < -0.3 is 15.5 Å². The molecule has 0 unspecified atom stereocenters. The van der Waals surface area contributed by atoms with Crippen molar-refractivity contribution in [2.24, 2.45) is 0 Å². The smallest absolute Gasteiger partial charge is 0.275 e. The first-order valence-corrected chi connectivity index (χ1v) is 15.0. The number of aldehydes is 1. The Labute approximate surface area is 247 Å². The van der Waals surface area contributed by atoms with E-state index in [2.05, 4.69) is 47.6 Å². The summed E-state index contributed by atoms with van der Waals surface area (Å²) in [6.45, 7) is 4.99. The first kappa shape index (κ1) is 28.2. The molecule has 3 N–H and O–H groups in total. The van der Waals surface area contributed by atoms with E-state index in [0.29, 0.717) is 17.7 Å². The minimum absolute atomic E-state index is 0.00451. The molecule has 1 saturated heterocycles. The summed E-state index contributed by atoms with van der Waals surface area (Å²) in [5.74, 6) is -0.242. The van der Waals surface area contributed by atoms with Gasteiger partial charge in [0, 0.05) is 38.4 Å². The van der Waals surface area contributed by atoms with Crippen molar-refractivity contribution in [3.63, 3.8) is 0 Å². The molecule has 14 heteroatoms. The van der Waals surface area contributed by atoms with E-state index in [0.717, 1.165) is 42.3 Å². The highest BCUT2D eigenvalue weighted by molar-refractivity contribution is 7.90. The maximum atomic E-state index is 13.4. The molecule has 3 aromatic heterocycles. The SMILES string of the molecule is CN1CCN(Cc2ccc(NC(=O)c3[nH]ncc3Nc3ncnc4c3cc(C=O)n4S(=O)(=O)c3ccccc3)cc2)CC1. The van der Waals surface area contributed by atoms with Crippen molar-refractivity contribution in [1.29, 1.82) is 0 Å². The summed E-state index contributed by atoms with van der Waals surface area (Å²) in [5, 5.41) is 12.9. The van der Waals surface area contributed by atoms with Crippen molar-refractivity contribution < 1.29 is 18.0 Å². The van der Waals surface area contributed by atoms with E-state index >= 15 is 0 Å². The topological polar surface area (TPSA) is 158 Å². The van der Waals surface area contributed by atoms with Crippen LogP contribution < -0.4 is 10.6 Å². The fourth-order valence-electron chi connectivity index (χ4n) is 4.97. The second-order valence-electron chi connectivity index (χ2n) is 10.2. The van der Waals surface area contributed by atoms with Crippen LogP contribution in [-0.2, 0) is 16.6 Å². The summed E-state index contributed by atoms with van der Waals surface area (Å²) in [6.07, 6.45) is 3.04. The van der Waals surface area contributed by atoms with Crippen LogP contribution in [0.2, 0.25) is 0 Å². The lowest BCUT2D eigenvalue weighted by Crippen LogP contribution is -2.43. The van der Waals surface area contributed by atoms with Gasteiger partial charge in [-0.2, -0.15) is 5.10 Å². The van der Waals surface area contributed by atoms with Crippen LogP contribution in [0.15, 0.2) is 78.1 Å². The zero-order valence-electron chi connectivity index (χ0n) is 23.3. The lowest BCUT2D eigenvalue weighted by Gasteiger charge is -2.32. The third-order valence-electron chi connectivity index (χ3n) is 7.32. The Morgan fingerprint density at radius 2 is 1.77 bits per heavy atom. The summed E-state index contributed by atoms with van der Waals surface area (Å²) in [5.41, 5.74) is 2.11. The average molecular weight is 600 g/mol. The number of rotatable bonds is 9. The van der Waals surface area contributed by atoms with Crippen LogP contribution in [0.1, 0.15) is 26.5 Å². The Bertz CT molecular complexity index is 1880. The first-order valence-electron chi connectivity index (χ1n) is 13.6. The fraction of sp³-hybridized carbons (Fsp3) is 0.207. The molecule has 1 amide bonds. The molecule has 2 aromatic carbocycles. The number of fused-ring (bicyclic) bond motifs is 1. The standard InChI is InChI=1S/C29H29N9O4S/c1-36-11-13-37(14-12-36)17-20-7-9-21(10-8-20)33-29(40)26-25(16-32-35-26)34-27-24-15-22(18-39)38(28(24)31-19-30-27)43(41,42)23-5-3-2-4-6-23/h2-10,15-16,18-19H,11-14,17H2,1H3,(H,32,35)(H,33,40)(H,30,31,34). The molecular weight excluding hydrogens is 570 g/mol. The second kappa shape index (κ2) is 11.8. The number of hydrogen-bond acceptors (Lipinski definition) is 10. The lowest BCUT2D eigenvalue weighted by molar-refractivity contribution is 0.102. The number of piperazine rings is 1. The number of H-pyrrole nitrogens is 1. The summed E-state index contributed by atoms with van der Waals surface area (Å²) >= 11 is 0. The Hall–Kier alpha value is -4.92. The van der Waals surface area contributed by atoms with E-state index in [4.69, 9.17) is 0 Å². The zero-order chi connectivity index (χ0) is 30.0. The van der Waals surface area contributed by atoms with E-state index in [1.165, 1.54) is 30.7 Å². The largest absolute Gasteiger partial charge is 0.336 e. The normalized spacial score (nSPS) is 14.5. The monoisotopic (exact) mass is 599 g/mol. The van der Waals surface area contributed by atoms with Gasteiger partial charge >= 0.3 is 0 Å². The van der Waals surface area contributed by atoms with Gasteiger partial charge in [0.25, 0.3) is 15.9 Å². The molecule has 0 saturated carbocycles.